The molecule has 4 rings (SSSR count). The lowest BCUT2D eigenvalue weighted by Gasteiger charge is -2.44. The number of hydrogen-bond donors (Lipinski definition) is 1. The van der Waals surface area contributed by atoms with Crippen LogP contribution in [0.25, 0.3) is 0 Å². The van der Waals surface area contributed by atoms with E-state index < -0.39 is 5.41 Å². The van der Waals surface area contributed by atoms with Crippen LogP contribution in [0.15, 0.2) is 54.6 Å². The fourth-order valence-electron chi connectivity index (χ4n) is 4.34. The van der Waals surface area contributed by atoms with E-state index in [0.29, 0.717) is 25.9 Å². The zero-order valence-corrected chi connectivity index (χ0v) is 15.1. The molecule has 0 spiro atoms. The molecule has 1 heterocycles. The van der Waals surface area contributed by atoms with Crippen LogP contribution in [-0.4, -0.2) is 30.3 Å². The Morgan fingerprint density at radius 1 is 1.04 bits per heavy atom. The van der Waals surface area contributed by atoms with E-state index in [1.54, 1.807) is 7.05 Å². The van der Waals surface area contributed by atoms with Crippen molar-refractivity contribution in [1.82, 2.24) is 10.2 Å². The summed E-state index contributed by atoms with van der Waals surface area (Å²) in [6, 6.07) is 18.7. The van der Waals surface area contributed by atoms with Crippen LogP contribution in [0.2, 0.25) is 0 Å². The number of fused-ring (bicyclic) bond motifs is 1. The lowest BCUT2D eigenvalue weighted by molar-refractivity contribution is -0.157. The predicted octanol–water partition coefficient (Wildman–Crippen LogP) is 3.08. The number of benzene rings is 2. The highest BCUT2D eigenvalue weighted by atomic mass is 16.2. The molecule has 2 amide bonds. The number of rotatable bonds is 3. The number of carbonyl (C=O) groups excluding carboxylic acids is 2. The van der Waals surface area contributed by atoms with Gasteiger partial charge in [-0.3, -0.25) is 9.59 Å². The average Bonchev–Trinajstić information content (AvgIpc) is 2.66. The summed E-state index contributed by atoms with van der Waals surface area (Å²) in [6.45, 7) is 1.20. The van der Waals surface area contributed by atoms with Gasteiger partial charge in [-0.15, -0.1) is 0 Å². The molecule has 1 fully saturated rings. The molecule has 0 bridgehead atoms. The smallest absolute Gasteiger partial charge is 0.238 e. The molecule has 0 saturated heterocycles. The Hall–Kier alpha value is -2.62. The number of carbonyl (C=O) groups is 2. The Bertz CT molecular complexity index is 827. The highest BCUT2D eigenvalue weighted by Crippen LogP contribution is 2.44. The Labute approximate surface area is 154 Å². The molecule has 2 aromatic rings. The summed E-state index contributed by atoms with van der Waals surface area (Å²) < 4.78 is 0. The largest absolute Gasteiger partial charge is 0.358 e. The lowest BCUT2D eigenvalue weighted by Crippen LogP contribution is -2.56. The second kappa shape index (κ2) is 6.60. The van der Waals surface area contributed by atoms with Gasteiger partial charge in [-0.1, -0.05) is 61.0 Å². The van der Waals surface area contributed by atoms with Crippen molar-refractivity contribution < 1.29 is 9.59 Å². The van der Waals surface area contributed by atoms with Gasteiger partial charge in [0.15, 0.2) is 0 Å². The third-order valence-corrected chi connectivity index (χ3v) is 5.96. The normalized spacial score (nSPS) is 20.7. The number of nitrogens with one attached hydrogen (secondary N) is 1. The van der Waals surface area contributed by atoms with Crippen LogP contribution in [0.5, 0.6) is 0 Å². The van der Waals surface area contributed by atoms with Gasteiger partial charge in [-0.05, 0) is 29.5 Å². The number of nitrogens with zero attached hydrogens (tertiary/aromatic N) is 1. The van der Waals surface area contributed by atoms with Crippen LogP contribution in [-0.2, 0) is 16.1 Å². The summed E-state index contributed by atoms with van der Waals surface area (Å²) >= 11 is 0. The molecule has 4 nitrogen and oxygen atoms in total. The molecule has 0 aromatic heterocycles. The molecule has 1 unspecified atom stereocenters. The van der Waals surface area contributed by atoms with Crippen molar-refractivity contribution in [1.29, 1.82) is 0 Å². The van der Waals surface area contributed by atoms with Crippen molar-refractivity contribution in [2.45, 2.75) is 31.7 Å². The molecule has 1 atom stereocenters. The topological polar surface area (TPSA) is 49.4 Å². The van der Waals surface area contributed by atoms with Crippen molar-refractivity contribution >= 4 is 11.8 Å². The summed E-state index contributed by atoms with van der Waals surface area (Å²) in [6.07, 6.45) is 2.24. The van der Waals surface area contributed by atoms with Gasteiger partial charge in [0.25, 0.3) is 0 Å². The second-order valence-corrected chi connectivity index (χ2v) is 7.36. The van der Waals surface area contributed by atoms with E-state index in [2.05, 4.69) is 35.6 Å². The van der Waals surface area contributed by atoms with Gasteiger partial charge in [0, 0.05) is 26.1 Å². The maximum atomic E-state index is 13.4. The molecule has 2 aromatic carbocycles. The number of amides is 2. The molecule has 1 aliphatic carbocycles. The van der Waals surface area contributed by atoms with Gasteiger partial charge >= 0.3 is 0 Å². The van der Waals surface area contributed by atoms with Crippen molar-refractivity contribution in [2.24, 2.45) is 5.41 Å². The minimum Gasteiger partial charge on any atom is -0.358 e. The molecule has 1 aliphatic heterocycles. The summed E-state index contributed by atoms with van der Waals surface area (Å²) in [5.41, 5.74) is 2.81. The zero-order valence-electron chi connectivity index (χ0n) is 15.1. The van der Waals surface area contributed by atoms with Crippen molar-refractivity contribution in [3.8, 4) is 0 Å². The SMILES string of the molecule is CNC(=O)C1(C(=O)N2Cc3ccccc3C(c3ccccc3)C2)CCC1. The summed E-state index contributed by atoms with van der Waals surface area (Å²) in [7, 11) is 1.62. The van der Waals surface area contributed by atoms with Crippen LogP contribution in [0.1, 0.15) is 41.9 Å². The Balaban J connectivity index is 1.69. The van der Waals surface area contributed by atoms with Gasteiger partial charge in [-0.2, -0.15) is 0 Å². The van der Waals surface area contributed by atoms with Gasteiger partial charge in [0.1, 0.15) is 5.41 Å². The summed E-state index contributed by atoms with van der Waals surface area (Å²) in [5.74, 6) is -0.00526. The van der Waals surface area contributed by atoms with Crippen molar-refractivity contribution in [2.75, 3.05) is 13.6 Å². The average molecular weight is 348 g/mol. The molecule has 4 heteroatoms. The van der Waals surface area contributed by atoms with Gasteiger partial charge in [-0.25, -0.2) is 0 Å². The Kier molecular flexibility index (Phi) is 4.27. The van der Waals surface area contributed by atoms with E-state index in [-0.39, 0.29) is 17.7 Å². The van der Waals surface area contributed by atoms with Crippen molar-refractivity contribution in [3.05, 3.63) is 71.3 Å². The number of hydrogen-bond acceptors (Lipinski definition) is 2. The minimum absolute atomic E-state index is 0.0152. The highest BCUT2D eigenvalue weighted by molar-refractivity contribution is 6.06. The van der Waals surface area contributed by atoms with E-state index in [9.17, 15) is 9.59 Å². The second-order valence-electron chi connectivity index (χ2n) is 7.36. The molecule has 134 valence electrons. The Morgan fingerprint density at radius 3 is 2.38 bits per heavy atom. The van der Waals surface area contributed by atoms with Crippen molar-refractivity contribution in [3.63, 3.8) is 0 Å². The third kappa shape index (κ3) is 2.61. The van der Waals surface area contributed by atoms with E-state index >= 15 is 0 Å². The standard InChI is InChI=1S/C22H24N2O2/c1-23-20(25)22(12-7-13-22)21(26)24-14-17-10-5-6-11-18(17)19(15-24)16-8-3-2-4-9-16/h2-6,8-11,19H,7,12-15H2,1H3,(H,23,25). The Morgan fingerprint density at radius 2 is 1.73 bits per heavy atom. The molecular formula is C22H24N2O2. The third-order valence-electron chi connectivity index (χ3n) is 5.96. The molecule has 0 radical (unpaired) electrons. The van der Waals surface area contributed by atoms with Crippen LogP contribution in [0.4, 0.5) is 0 Å². The first-order valence-corrected chi connectivity index (χ1v) is 9.30. The molecule has 26 heavy (non-hydrogen) atoms. The van der Waals surface area contributed by atoms with Gasteiger partial charge in [0.2, 0.25) is 11.8 Å². The quantitative estimate of drug-likeness (QED) is 0.867. The van der Waals surface area contributed by atoms with E-state index in [1.165, 1.54) is 16.7 Å². The van der Waals surface area contributed by atoms with Crippen LogP contribution in [0, 0.1) is 5.41 Å². The van der Waals surface area contributed by atoms with Gasteiger partial charge in [0.05, 0.1) is 0 Å². The fourth-order valence-corrected chi connectivity index (χ4v) is 4.34. The maximum absolute atomic E-state index is 13.4. The molecule has 1 saturated carbocycles. The maximum Gasteiger partial charge on any atom is 0.238 e. The monoisotopic (exact) mass is 348 g/mol. The minimum atomic E-state index is -0.859. The van der Waals surface area contributed by atoms with Crippen LogP contribution >= 0.6 is 0 Å². The first-order chi connectivity index (χ1) is 12.7. The first-order valence-electron chi connectivity index (χ1n) is 9.30. The van der Waals surface area contributed by atoms with Crippen LogP contribution < -0.4 is 5.32 Å². The molecule has 1 N–H and O–H groups in total. The highest BCUT2D eigenvalue weighted by Gasteiger charge is 2.52. The molecular weight excluding hydrogens is 324 g/mol. The zero-order chi connectivity index (χ0) is 18.1. The van der Waals surface area contributed by atoms with Crippen LogP contribution in [0.3, 0.4) is 0 Å². The molecule has 2 aliphatic rings. The van der Waals surface area contributed by atoms with E-state index in [4.69, 9.17) is 0 Å². The first kappa shape index (κ1) is 16.8. The lowest BCUT2D eigenvalue weighted by atomic mass is 9.66. The van der Waals surface area contributed by atoms with Gasteiger partial charge < -0.3 is 10.2 Å². The van der Waals surface area contributed by atoms with E-state index in [1.807, 2.05) is 29.2 Å². The predicted molar refractivity (Wildman–Crippen MR) is 100 cm³/mol. The van der Waals surface area contributed by atoms with E-state index in [0.717, 1.165) is 6.42 Å². The summed E-state index contributed by atoms with van der Waals surface area (Å²) in [5, 5.41) is 2.70. The fraction of sp³-hybridized carbons (Fsp3) is 0.364. The summed E-state index contributed by atoms with van der Waals surface area (Å²) in [4.78, 5) is 27.7.